The molecule has 0 atom stereocenters. The highest BCUT2D eigenvalue weighted by molar-refractivity contribution is 5.84. The Morgan fingerprint density at radius 3 is 2.64 bits per heavy atom. The average molecular weight is 548 g/mol. The van der Waals surface area contributed by atoms with Crippen molar-refractivity contribution in [1.29, 1.82) is 0 Å². The van der Waals surface area contributed by atoms with E-state index >= 15 is 0 Å². The molecule has 210 valence electrons. The molecule has 0 bridgehead atoms. The molecule has 4 rings (SSSR count). The lowest BCUT2D eigenvalue weighted by Gasteiger charge is -2.41. The molecule has 0 spiro atoms. The van der Waals surface area contributed by atoms with Gasteiger partial charge in [0.25, 0.3) is 0 Å². The van der Waals surface area contributed by atoms with Crippen molar-refractivity contribution < 1.29 is 32.2 Å². The summed E-state index contributed by atoms with van der Waals surface area (Å²) in [5, 5.41) is 13.2. The predicted octanol–water partition coefficient (Wildman–Crippen LogP) is 6.12. The summed E-state index contributed by atoms with van der Waals surface area (Å²) >= 11 is 0. The summed E-state index contributed by atoms with van der Waals surface area (Å²) in [4.78, 5) is 18.2. The molecule has 2 heterocycles. The molecule has 0 radical (unpaired) electrons. The fourth-order valence-electron chi connectivity index (χ4n) is 5.57. The van der Waals surface area contributed by atoms with Crippen LogP contribution in [0.15, 0.2) is 36.5 Å². The van der Waals surface area contributed by atoms with Crippen molar-refractivity contribution in [2.24, 2.45) is 5.41 Å². The molecule has 0 aliphatic carbocycles. The average Bonchev–Trinajstić information content (AvgIpc) is 2.91. The summed E-state index contributed by atoms with van der Waals surface area (Å²) in [6.45, 7) is 1.48. The summed E-state index contributed by atoms with van der Waals surface area (Å²) in [6.07, 6.45) is 4.92. The summed E-state index contributed by atoms with van der Waals surface area (Å²) in [5.41, 5.74) is 1.55. The number of pyridine rings is 1. The summed E-state index contributed by atoms with van der Waals surface area (Å²) in [6, 6.07) is 6.94. The number of aryl methyl sites for hydroxylation is 1. The van der Waals surface area contributed by atoms with Gasteiger partial charge in [0.05, 0.1) is 24.7 Å². The van der Waals surface area contributed by atoms with Gasteiger partial charge in [0, 0.05) is 42.4 Å². The second kappa shape index (κ2) is 12.6. The van der Waals surface area contributed by atoms with Gasteiger partial charge in [-0.1, -0.05) is 0 Å². The van der Waals surface area contributed by atoms with E-state index in [1.54, 1.807) is 13.3 Å². The quantitative estimate of drug-likeness (QED) is 0.210. The van der Waals surface area contributed by atoms with E-state index in [1.165, 1.54) is 0 Å². The minimum absolute atomic E-state index is 0.0494. The number of piperidine rings is 1. The van der Waals surface area contributed by atoms with E-state index in [2.05, 4.69) is 15.2 Å². The maximum absolute atomic E-state index is 13.9. The largest absolute Gasteiger partial charge is 0.497 e. The van der Waals surface area contributed by atoms with E-state index in [9.17, 15) is 27.5 Å². The minimum atomic E-state index is -1.24. The van der Waals surface area contributed by atoms with Gasteiger partial charge in [0.1, 0.15) is 18.2 Å². The Bertz CT molecular complexity index is 1310. The van der Waals surface area contributed by atoms with Crippen molar-refractivity contribution in [2.45, 2.75) is 45.2 Å². The molecular weight excluding hydrogens is 514 g/mol. The molecule has 6 nitrogen and oxygen atoms in total. The first-order chi connectivity index (χ1) is 18.7. The van der Waals surface area contributed by atoms with Crippen LogP contribution in [-0.4, -0.2) is 54.2 Å². The molecule has 1 saturated heterocycles. The SMILES string of the molecule is COc1ccc2ncc(CF)c(CCCC3(CC(=O)O)CCN(CCNc4cc(F)cc(F)c4F)CC3)c2c1. The van der Waals surface area contributed by atoms with Crippen LogP contribution < -0.4 is 10.1 Å². The van der Waals surface area contributed by atoms with Gasteiger partial charge in [-0.3, -0.25) is 9.78 Å². The lowest BCUT2D eigenvalue weighted by molar-refractivity contribution is -0.140. The summed E-state index contributed by atoms with van der Waals surface area (Å²) in [5.74, 6) is -3.41. The molecule has 0 amide bonds. The van der Waals surface area contributed by atoms with Gasteiger partial charge >= 0.3 is 5.97 Å². The van der Waals surface area contributed by atoms with Gasteiger partial charge in [0.2, 0.25) is 0 Å². The van der Waals surface area contributed by atoms with Crippen LogP contribution in [0, 0.1) is 22.9 Å². The highest BCUT2D eigenvalue weighted by Crippen LogP contribution is 2.40. The molecular formula is C29H33F4N3O3. The first-order valence-electron chi connectivity index (χ1n) is 13.1. The van der Waals surface area contributed by atoms with Crippen LogP contribution in [0.5, 0.6) is 5.75 Å². The fraction of sp³-hybridized carbons (Fsp3) is 0.448. The van der Waals surface area contributed by atoms with Crippen LogP contribution in [-0.2, 0) is 17.9 Å². The van der Waals surface area contributed by atoms with Crippen molar-refractivity contribution in [2.75, 3.05) is 38.6 Å². The number of alkyl halides is 1. The number of aliphatic carboxylic acids is 1. The molecule has 2 N–H and O–H groups in total. The zero-order valence-electron chi connectivity index (χ0n) is 21.9. The number of anilines is 1. The Balaban J connectivity index is 1.37. The van der Waals surface area contributed by atoms with E-state index in [4.69, 9.17) is 4.74 Å². The number of rotatable bonds is 12. The minimum Gasteiger partial charge on any atom is -0.497 e. The van der Waals surface area contributed by atoms with Gasteiger partial charge in [0.15, 0.2) is 11.6 Å². The topological polar surface area (TPSA) is 74.7 Å². The Kier molecular flexibility index (Phi) is 9.27. The number of carboxylic acid groups (broad SMARTS) is 1. The van der Waals surface area contributed by atoms with E-state index < -0.39 is 30.1 Å². The number of ether oxygens (including phenoxy) is 1. The van der Waals surface area contributed by atoms with E-state index in [0.717, 1.165) is 22.5 Å². The number of likely N-dealkylation sites (tertiary alicyclic amines) is 1. The zero-order chi connectivity index (χ0) is 28.0. The number of nitrogens with zero attached hydrogens (tertiary/aromatic N) is 2. The van der Waals surface area contributed by atoms with E-state index in [-0.39, 0.29) is 24.1 Å². The molecule has 0 saturated carbocycles. The first kappa shape index (κ1) is 28.6. The highest BCUT2D eigenvalue weighted by atomic mass is 19.2. The Labute approximate surface area is 225 Å². The number of aromatic nitrogens is 1. The molecule has 0 unspecified atom stereocenters. The molecule has 1 aromatic heterocycles. The van der Waals surface area contributed by atoms with Gasteiger partial charge < -0.3 is 20.1 Å². The van der Waals surface area contributed by atoms with Crippen LogP contribution >= 0.6 is 0 Å². The second-order valence-electron chi connectivity index (χ2n) is 10.2. The summed E-state index contributed by atoms with van der Waals surface area (Å²) < 4.78 is 59.9. The Morgan fingerprint density at radius 1 is 1.18 bits per heavy atom. The predicted molar refractivity (Wildman–Crippen MR) is 141 cm³/mol. The maximum Gasteiger partial charge on any atom is 0.303 e. The third-order valence-corrected chi connectivity index (χ3v) is 7.73. The molecule has 2 aromatic carbocycles. The molecule has 1 aliphatic rings. The van der Waals surface area contributed by atoms with Crippen molar-refractivity contribution in [3.05, 3.63) is 65.1 Å². The number of carboxylic acids is 1. The lowest BCUT2D eigenvalue weighted by Crippen LogP contribution is -2.43. The van der Waals surface area contributed by atoms with Crippen LogP contribution in [0.1, 0.15) is 43.2 Å². The second-order valence-corrected chi connectivity index (χ2v) is 10.2. The number of fused-ring (bicyclic) bond motifs is 1. The van der Waals surface area contributed by atoms with Gasteiger partial charge in [-0.2, -0.15) is 0 Å². The first-order valence-corrected chi connectivity index (χ1v) is 13.1. The smallest absolute Gasteiger partial charge is 0.303 e. The number of carbonyl (C=O) groups is 1. The molecule has 10 heteroatoms. The molecule has 1 fully saturated rings. The number of nitrogens with one attached hydrogen (secondary N) is 1. The number of halogens is 4. The molecule has 39 heavy (non-hydrogen) atoms. The van der Waals surface area contributed by atoms with Gasteiger partial charge in [-0.05, 0) is 74.4 Å². The Hall–Kier alpha value is -3.40. The number of benzene rings is 2. The molecule has 1 aliphatic heterocycles. The van der Waals surface area contributed by atoms with Crippen molar-refractivity contribution in [1.82, 2.24) is 9.88 Å². The number of hydrogen-bond donors (Lipinski definition) is 2. The van der Waals surface area contributed by atoms with E-state index in [1.807, 2.05) is 18.2 Å². The number of hydrogen-bond acceptors (Lipinski definition) is 5. The zero-order valence-corrected chi connectivity index (χ0v) is 21.9. The lowest BCUT2D eigenvalue weighted by atomic mass is 9.72. The van der Waals surface area contributed by atoms with Gasteiger partial charge in [-0.15, -0.1) is 0 Å². The molecule has 3 aromatic rings. The third-order valence-electron chi connectivity index (χ3n) is 7.73. The Morgan fingerprint density at radius 2 is 1.95 bits per heavy atom. The van der Waals surface area contributed by atoms with Crippen molar-refractivity contribution in [3.8, 4) is 5.75 Å². The fourth-order valence-corrected chi connectivity index (χ4v) is 5.57. The van der Waals surface area contributed by atoms with Crippen LogP contribution in [0.25, 0.3) is 10.9 Å². The normalized spacial score (nSPS) is 15.4. The maximum atomic E-state index is 13.9. The van der Waals surface area contributed by atoms with Gasteiger partial charge in [-0.25, -0.2) is 17.6 Å². The third kappa shape index (κ3) is 6.98. The highest BCUT2D eigenvalue weighted by Gasteiger charge is 2.36. The standard InChI is InChI=1S/C29H33F4N3O3/c1-39-21-4-5-25-23(15-21)22(19(17-30)18-35-25)3-2-6-29(16-27(37)38)7-10-36(11-8-29)12-9-34-26-14-20(31)13-24(32)28(26)33/h4-5,13-15,18,34H,2-3,6-12,16-17H2,1H3,(H,37,38). The number of methoxy groups -OCH3 is 1. The van der Waals surface area contributed by atoms with Crippen LogP contribution in [0.4, 0.5) is 23.2 Å². The monoisotopic (exact) mass is 547 g/mol. The van der Waals surface area contributed by atoms with Crippen molar-refractivity contribution in [3.63, 3.8) is 0 Å². The van der Waals surface area contributed by atoms with E-state index in [0.29, 0.717) is 69.1 Å². The van der Waals surface area contributed by atoms with Crippen LogP contribution in [0.2, 0.25) is 0 Å². The van der Waals surface area contributed by atoms with Crippen molar-refractivity contribution >= 4 is 22.6 Å². The summed E-state index contributed by atoms with van der Waals surface area (Å²) in [7, 11) is 1.57. The van der Waals surface area contributed by atoms with Crippen LogP contribution in [0.3, 0.4) is 0 Å².